The predicted octanol–water partition coefficient (Wildman–Crippen LogP) is 15.3. The van der Waals surface area contributed by atoms with Gasteiger partial charge in [-0.25, -0.2) is 0 Å². The second-order valence-corrected chi connectivity index (χ2v) is 23.9. The van der Waals surface area contributed by atoms with Gasteiger partial charge in [0, 0.05) is 34.0 Å². The molecule has 0 radical (unpaired) electrons. The normalized spacial score (nSPS) is 15.9. The van der Waals surface area contributed by atoms with E-state index in [4.69, 9.17) is 0 Å². The fourth-order valence-corrected chi connectivity index (χ4v) is 11.6. The molecule has 328 valence electrons. The van der Waals surface area contributed by atoms with E-state index in [-0.39, 0.29) is 33.8 Å². The molecule has 2 heterocycles. The minimum atomic E-state index is -0.124. The molecule has 0 atom stereocenters. The molecule has 0 spiro atoms. The highest BCUT2D eigenvalue weighted by atomic mass is 15.2. The Labute approximate surface area is 390 Å². The first kappa shape index (κ1) is 43.1. The maximum atomic E-state index is 2.67. The van der Waals surface area contributed by atoms with Gasteiger partial charge in [-0.15, -0.1) is 0 Å². The number of anilines is 6. The molecule has 0 amide bonds. The molecule has 7 aromatic carbocycles. The topological polar surface area (TPSA) is 6.48 Å². The van der Waals surface area contributed by atoms with Crippen LogP contribution in [0, 0.1) is 6.92 Å². The van der Waals surface area contributed by atoms with Crippen molar-refractivity contribution in [2.24, 2.45) is 0 Å². The first-order valence-electron chi connectivity index (χ1n) is 24.0. The van der Waals surface area contributed by atoms with Crippen molar-refractivity contribution in [1.82, 2.24) is 0 Å². The lowest BCUT2D eigenvalue weighted by Crippen LogP contribution is -2.61. The van der Waals surface area contributed by atoms with Gasteiger partial charge in [-0.2, -0.15) is 0 Å². The van der Waals surface area contributed by atoms with Crippen molar-refractivity contribution in [1.29, 1.82) is 0 Å². The summed E-state index contributed by atoms with van der Waals surface area (Å²) in [6, 6.07) is 54.1. The molecule has 0 bridgehead atoms. The molecule has 3 heteroatoms. The molecule has 1 aliphatic carbocycles. The minimum absolute atomic E-state index is 0.0155. The number of hydrogen-bond donors (Lipinski definition) is 0. The highest BCUT2D eigenvalue weighted by Gasteiger charge is 2.49. The summed E-state index contributed by atoms with van der Waals surface area (Å²) in [6.45, 7) is 33.4. The van der Waals surface area contributed by atoms with E-state index in [0.717, 1.165) is 6.42 Å². The number of nitrogens with zero attached hydrogens (tertiary/aromatic N) is 2. The largest absolute Gasteiger partial charge is 0.311 e. The van der Waals surface area contributed by atoms with Gasteiger partial charge >= 0.3 is 0 Å². The zero-order chi connectivity index (χ0) is 46.2. The summed E-state index contributed by atoms with van der Waals surface area (Å²) in [5.74, 6) is 0. The maximum absolute atomic E-state index is 2.67. The van der Waals surface area contributed by atoms with E-state index in [1.165, 1.54) is 106 Å². The zero-order valence-corrected chi connectivity index (χ0v) is 41.5. The van der Waals surface area contributed by atoms with Crippen molar-refractivity contribution in [3.8, 4) is 22.3 Å². The van der Waals surface area contributed by atoms with Crippen LogP contribution in [0.3, 0.4) is 0 Å². The van der Waals surface area contributed by atoms with E-state index < -0.39 is 0 Å². The summed E-state index contributed by atoms with van der Waals surface area (Å²) >= 11 is 0. The smallest absolute Gasteiger partial charge is 0.252 e. The van der Waals surface area contributed by atoms with Crippen LogP contribution >= 0.6 is 0 Å². The molecule has 0 saturated carbocycles. The minimum Gasteiger partial charge on any atom is -0.311 e. The molecule has 65 heavy (non-hydrogen) atoms. The van der Waals surface area contributed by atoms with E-state index >= 15 is 0 Å². The lowest BCUT2D eigenvalue weighted by Gasteiger charge is -2.46. The number of fused-ring (bicyclic) bond motifs is 5. The van der Waals surface area contributed by atoms with Gasteiger partial charge in [0.15, 0.2) is 0 Å². The molecule has 0 fully saturated rings. The van der Waals surface area contributed by atoms with Gasteiger partial charge in [0.1, 0.15) is 0 Å². The quantitative estimate of drug-likeness (QED) is 0.163. The molecule has 0 unspecified atom stereocenters. The summed E-state index contributed by atoms with van der Waals surface area (Å²) in [7, 11) is 0. The molecule has 10 rings (SSSR count). The zero-order valence-electron chi connectivity index (χ0n) is 41.5. The summed E-state index contributed by atoms with van der Waals surface area (Å²) in [4.78, 5) is 5.33. The monoisotopic (exact) mass is 851 g/mol. The third-order valence-corrected chi connectivity index (χ3v) is 15.0. The van der Waals surface area contributed by atoms with Gasteiger partial charge in [-0.05, 0) is 155 Å². The molecular weight excluding hydrogens is 784 g/mol. The molecule has 3 aliphatic rings. The SMILES string of the molecule is Cc1cc(-c2ccccc2)ccc1N1c2cc3c(cc2B2c4ccc(C(C)(C)C)cc4N(c4ccc(C(C)(C)C)cc4-c4ccccc4)c4cc(C(C)(C)C)cc1c42)C(C)(C)CC3(C)C. The molecule has 0 N–H and O–H groups in total. The Balaban J connectivity index is 1.35. The molecule has 0 saturated heterocycles. The first-order valence-corrected chi connectivity index (χ1v) is 24.0. The Morgan fingerprint density at radius 3 is 1.49 bits per heavy atom. The Hall–Kier alpha value is -5.80. The third-order valence-electron chi connectivity index (χ3n) is 15.0. The van der Waals surface area contributed by atoms with Gasteiger partial charge in [-0.1, -0.05) is 181 Å². The maximum Gasteiger partial charge on any atom is 0.252 e. The summed E-state index contributed by atoms with van der Waals surface area (Å²) < 4.78 is 0. The van der Waals surface area contributed by atoms with E-state index in [1.54, 1.807) is 0 Å². The predicted molar refractivity (Wildman–Crippen MR) is 283 cm³/mol. The van der Waals surface area contributed by atoms with Gasteiger partial charge in [0.25, 0.3) is 6.71 Å². The van der Waals surface area contributed by atoms with Crippen LogP contribution in [0.15, 0.2) is 140 Å². The van der Waals surface area contributed by atoms with E-state index in [0.29, 0.717) is 0 Å². The van der Waals surface area contributed by atoms with Crippen molar-refractivity contribution in [2.45, 2.75) is 130 Å². The number of benzene rings is 7. The van der Waals surface area contributed by atoms with Crippen molar-refractivity contribution in [3.63, 3.8) is 0 Å². The average molecular weight is 851 g/mol. The first-order chi connectivity index (χ1) is 30.5. The number of aryl methyl sites for hydroxylation is 1. The van der Waals surface area contributed by atoms with Crippen LogP contribution in [0.1, 0.15) is 130 Å². The Kier molecular flexibility index (Phi) is 9.69. The van der Waals surface area contributed by atoms with Crippen molar-refractivity contribution >= 4 is 57.2 Å². The van der Waals surface area contributed by atoms with Crippen LogP contribution in [-0.4, -0.2) is 6.71 Å². The second-order valence-electron chi connectivity index (χ2n) is 23.9. The van der Waals surface area contributed by atoms with Crippen molar-refractivity contribution < 1.29 is 0 Å². The van der Waals surface area contributed by atoms with E-state index in [9.17, 15) is 0 Å². The Bertz CT molecular complexity index is 3020. The van der Waals surface area contributed by atoms with Crippen LogP contribution in [0.25, 0.3) is 22.3 Å². The van der Waals surface area contributed by atoms with Crippen LogP contribution in [0.2, 0.25) is 0 Å². The second kappa shape index (κ2) is 14.6. The third kappa shape index (κ3) is 7.08. The molecular formula is C62H67BN2. The number of hydrogen-bond acceptors (Lipinski definition) is 2. The molecule has 2 nitrogen and oxygen atoms in total. The lowest BCUT2D eigenvalue weighted by molar-refractivity contribution is 0.403. The van der Waals surface area contributed by atoms with Gasteiger partial charge < -0.3 is 9.80 Å². The van der Waals surface area contributed by atoms with Gasteiger partial charge in [0.2, 0.25) is 0 Å². The van der Waals surface area contributed by atoms with Gasteiger partial charge in [0.05, 0.1) is 5.69 Å². The summed E-state index contributed by atoms with van der Waals surface area (Å²) in [6.07, 6.45) is 1.12. The molecule has 2 aliphatic heterocycles. The summed E-state index contributed by atoms with van der Waals surface area (Å²) in [5, 5.41) is 0. The van der Waals surface area contributed by atoms with Crippen LogP contribution < -0.4 is 26.2 Å². The van der Waals surface area contributed by atoms with E-state index in [2.05, 4.69) is 246 Å². The molecule has 7 aromatic rings. The molecule has 0 aromatic heterocycles. The summed E-state index contributed by atoms with van der Waals surface area (Å²) in [5.41, 5.74) is 24.8. The highest BCUT2D eigenvalue weighted by molar-refractivity contribution is 7.00. The van der Waals surface area contributed by atoms with Crippen LogP contribution in [0.5, 0.6) is 0 Å². The Morgan fingerprint density at radius 1 is 0.415 bits per heavy atom. The Morgan fingerprint density at radius 2 is 0.908 bits per heavy atom. The standard InChI is InChI=1S/C62H67BN2/c1-39-31-42(40-21-17-15-18-22-40)25-29-51(39)64-54-37-48-47(61(11,12)38-62(48,13)14)36-50(54)63-49-28-26-44(59(5,6)7)33-53(49)65(56-35-45(60(8,9)10)34-55(64)57(56)63)52-30-27-43(58(2,3)4)32-46(52)41-23-19-16-20-24-41/h15-37H,38H2,1-14H3. The lowest BCUT2D eigenvalue weighted by atomic mass is 9.33. The number of rotatable bonds is 4. The highest BCUT2D eigenvalue weighted by Crippen LogP contribution is 2.54. The fraction of sp³-hybridized carbons (Fsp3) is 0.323. The average Bonchev–Trinajstić information content (AvgIpc) is 3.43. The fourth-order valence-electron chi connectivity index (χ4n) is 11.6. The van der Waals surface area contributed by atoms with E-state index in [1.807, 2.05) is 0 Å². The van der Waals surface area contributed by atoms with Crippen molar-refractivity contribution in [3.05, 3.63) is 173 Å². The van der Waals surface area contributed by atoms with Crippen LogP contribution in [0.4, 0.5) is 34.1 Å². The van der Waals surface area contributed by atoms with Gasteiger partial charge in [-0.3, -0.25) is 0 Å². The van der Waals surface area contributed by atoms with Crippen molar-refractivity contribution in [2.75, 3.05) is 9.80 Å². The van der Waals surface area contributed by atoms with Crippen LogP contribution in [-0.2, 0) is 27.1 Å².